The van der Waals surface area contributed by atoms with Gasteiger partial charge in [0.15, 0.2) is 0 Å². The molecule has 114 valence electrons. The zero-order valence-corrected chi connectivity index (χ0v) is 12.1. The number of benzene rings is 1. The number of nitrogens with one attached hydrogen (secondary N) is 1. The van der Waals surface area contributed by atoms with E-state index < -0.39 is 5.69 Å². The number of aromatic nitrogens is 4. The summed E-state index contributed by atoms with van der Waals surface area (Å²) in [6, 6.07) is 7.63. The molecule has 2 heterocycles. The number of H-pyrrole nitrogens is 1. The first kappa shape index (κ1) is 13.9. The molecule has 0 saturated carbocycles. The predicted molar refractivity (Wildman–Crippen MR) is 76.3 cm³/mol. The van der Waals surface area contributed by atoms with E-state index in [2.05, 4.69) is 15.5 Å². The lowest BCUT2D eigenvalue weighted by molar-refractivity contribution is 0.268. The van der Waals surface area contributed by atoms with Crippen molar-refractivity contribution in [2.75, 3.05) is 7.11 Å². The first-order valence-electron chi connectivity index (χ1n) is 6.54. The zero-order chi connectivity index (χ0) is 15.5. The fourth-order valence-corrected chi connectivity index (χ4v) is 2.06. The molecule has 3 aromatic rings. The Morgan fingerprint density at radius 1 is 1.36 bits per heavy atom. The highest BCUT2D eigenvalue weighted by Gasteiger charge is 2.19. The van der Waals surface area contributed by atoms with Crippen LogP contribution in [0, 0.1) is 6.92 Å². The molecule has 0 bridgehead atoms. The van der Waals surface area contributed by atoms with E-state index in [4.69, 9.17) is 13.9 Å². The van der Waals surface area contributed by atoms with Gasteiger partial charge in [-0.2, -0.15) is 4.68 Å². The van der Waals surface area contributed by atoms with E-state index in [-0.39, 0.29) is 12.6 Å². The molecule has 1 N–H and O–H groups in total. The van der Waals surface area contributed by atoms with Crippen molar-refractivity contribution in [1.29, 1.82) is 0 Å². The number of aromatic amines is 1. The number of methoxy groups -OCH3 is 1. The van der Waals surface area contributed by atoms with E-state index >= 15 is 0 Å². The summed E-state index contributed by atoms with van der Waals surface area (Å²) in [6.07, 6.45) is 1.37. The van der Waals surface area contributed by atoms with Gasteiger partial charge in [0, 0.05) is 0 Å². The number of nitrogens with zero attached hydrogens (tertiary/aromatic N) is 3. The summed E-state index contributed by atoms with van der Waals surface area (Å²) in [7, 11) is 1.48. The lowest BCUT2D eigenvalue weighted by Crippen LogP contribution is -2.17. The molecule has 0 radical (unpaired) electrons. The van der Waals surface area contributed by atoms with E-state index in [0.29, 0.717) is 11.3 Å². The van der Waals surface area contributed by atoms with Gasteiger partial charge in [-0.3, -0.25) is 0 Å². The van der Waals surface area contributed by atoms with Crippen LogP contribution in [-0.2, 0) is 6.61 Å². The Morgan fingerprint density at radius 3 is 2.86 bits per heavy atom. The third-order valence-corrected chi connectivity index (χ3v) is 3.18. The van der Waals surface area contributed by atoms with Crippen molar-refractivity contribution in [3.8, 4) is 17.4 Å². The maximum Gasteiger partial charge on any atom is 0.365 e. The number of rotatable bonds is 5. The summed E-state index contributed by atoms with van der Waals surface area (Å²) in [5.74, 6) is 1.00. The minimum atomic E-state index is -0.472. The Kier molecular flexibility index (Phi) is 3.65. The topological polar surface area (TPSA) is 95.2 Å². The normalized spacial score (nSPS) is 10.6. The zero-order valence-electron chi connectivity index (χ0n) is 12.1. The molecule has 2 aromatic heterocycles. The fourth-order valence-electron chi connectivity index (χ4n) is 2.06. The molecular formula is C14H14N4O4. The van der Waals surface area contributed by atoms with E-state index in [1.54, 1.807) is 0 Å². The average Bonchev–Trinajstić information content (AvgIpc) is 3.11. The minimum Gasteiger partial charge on any atom is -0.488 e. The summed E-state index contributed by atoms with van der Waals surface area (Å²) >= 11 is 0. The Labute approximate surface area is 125 Å². The molecule has 8 nitrogen and oxygen atoms in total. The van der Waals surface area contributed by atoms with Gasteiger partial charge >= 0.3 is 5.69 Å². The van der Waals surface area contributed by atoms with Gasteiger partial charge in [0.25, 0.3) is 5.95 Å². The van der Waals surface area contributed by atoms with Gasteiger partial charge in [-0.1, -0.05) is 18.2 Å². The number of hydrogen-bond donors (Lipinski definition) is 1. The van der Waals surface area contributed by atoms with Crippen LogP contribution >= 0.6 is 0 Å². The summed E-state index contributed by atoms with van der Waals surface area (Å²) in [5.41, 5.74) is 1.52. The minimum absolute atomic E-state index is 0.166. The van der Waals surface area contributed by atoms with Crippen LogP contribution in [0.15, 0.2) is 39.7 Å². The molecule has 0 unspecified atom stereocenters. The number of ether oxygens (including phenoxy) is 2. The Bertz CT molecular complexity index is 833. The Balaban J connectivity index is 1.93. The molecule has 3 rings (SSSR count). The van der Waals surface area contributed by atoms with E-state index in [0.717, 1.165) is 16.0 Å². The highest BCUT2D eigenvalue weighted by atomic mass is 16.6. The molecule has 0 atom stereocenters. The van der Waals surface area contributed by atoms with Gasteiger partial charge in [0.2, 0.25) is 0 Å². The van der Waals surface area contributed by atoms with Crippen LogP contribution in [0.3, 0.4) is 0 Å². The van der Waals surface area contributed by atoms with Crippen molar-refractivity contribution in [3.05, 3.63) is 52.1 Å². The van der Waals surface area contributed by atoms with Crippen LogP contribution in [-0.4, -0.2) is 27.3 Å². The molecule has 0 aliphatic carbocycles. The standard InChI is InChI=1S/C14H14N4O4/c1-9-5-3-4-6-12(9)21-7-10-11(8-22-13(10)20-2)18-14(19)15-16-17-18/h3-6,8H,7H2,1-2H3,(H,15,17,19). The third-order valence-electron chi connectivity index (χ3n) is 3.18. The fraction of sp³-hybridized carbons (Fsp3) is 0.214. The van der Waals surface area contributed by atoms with Crippen LogP contribution in [0.4, 0.5) is 0 Å². The van der Waals surface area contributed by atoms with Crippen LogP contribution in [0.2, 0.25) is 0 Å². The van der Waals surface area contributed by atoms with Crippen molar-refractivity contribution in [2.24, 2.45) is 0 Å². The molecule has 0 aliphatic heterocycles. The lowest BCUT2D eigenvalue weighted by atomic mass is 10.2. The van der Waals surface area contributed by atoms with Gasteiger partial charge in [-0.05, 0) is 29.0 Å². The highest BCUT2D eigenvalue weighted by Crippen LogP contribution is 2.28. The van der Waals surface area contributed by atoms with Gasteiger partial charge in [0.05, 0.1) is 12.7 Å². The van der Waals surface area contributed by atoms with E-state index in [1.165, 1.54) is 13.4 Å². The van der Waals surface area contributed by atoms with Crippen LogP contribution in [0.1, 0.15) is 11.1 Å². The maximum absolute atomic E-state index is 11.7. The van der Waals surface area contributed by atoms with E-state index in [9.17, 15) is 4.79 Å². The summed E-state index contributed by atoms with van der Waals surface area (Å²) in [5, 5.41) is 9.38. The number of hydrogen-bond acceptors (Lipinski definition) is 6. The second-order valence-corrected chi connectivity index (χ2v) is 4.56. The molecule has 0 fully saturated rings. The first-order valence-corrected chi connectivity index (χ1v) is 6.54. The van der Waals surface area contributed by atoms with Gasteiger partial charge in [-0.25, -0.2) is 9.89 Å². The van der Waals surface area contributed by atoms with Crippen molar-refractivity contribution in [2.45, 2.75) is 13.5 Å². The second-order valence-electron chi connectivity index (χ2n) is 4.56. The molecule has 1 aromatic carbocycles. The van der Waals surface area contributed by atoms with Gasteiger partial charge in [0.1, 0.15) is 24.3 Å². The van der Waals surface area contributed by atoms with Crippen molar-refractivity contribution < 1.29 is 13.9 Å². The Hall–Kier alpha value is -3.03. The predicted octanol–water partition coefficient (Wildman–Crippen LogP) is 1.44. The van der Waals surface area contributed by atoms with Gasteiger partial charge in [-0.15, -0.1) is 0 Å². The highest BCUT2D eigenvalue weighted by molar-refractivity contribution is 5.43. The van der Waals surface area contributed by atoms with Gasteiger partial charge < -0.3 is 13.9 Å². The molecule has 0 saturated heterocycles. The van der Waals surface area contributed by atoms with Crippen molar-refractivity contribution in [1.82, 2.24) is 20.2 Å². The molecule has 22 heavy (non-hydrogen) atoms. The monoisotopic (exact) mass is 302 g/mol. The molecule has 8 heteroatoms. The summed E-state index contributed by atoms with van der Waals surface area (Å²) in [4.78, 5) is 11.7. The maximum atomic E-state index is 11.7. The second kappa shape index (κ2) is 5.76. The summed E-state index contributed by atoms with van der Waals surface area (Å²) < 4.78 is 17.3. The number of aryl methyl sites for hydroxylation is 1. The molecule has 0 spiro atoms. The number of furan rings is 1. The summed E-state index contributed by atoms with van der Waals surface area (Å²) in [6.45, 7) is 2.12. The molecule has 0 amide bonds. The number of tetrazole rings is 1. The van der Waals surface area contributed by atoms with Crippen LogP contribution in [0.25, 0.3) is 5.69 Å². The van der Waals surface area contributed by atoms with Crippen molar-refractivity contribution in [3.63, 3.8) is 0 Å². The number of para-hydroxylation sites is 1. The SMILES string of the molecule is COc1occ(-n2nn[nH]c2=O)c1COc1ccccc1C. The largest absolute Gasteiger partial charge is 0.488 e. The lowest BCUT2D eigenvalue weighted by Gasteiger charge is -2.09. The first-order chi connectivity index (χ1) is 10.7. The molecular weight excluding hydrogens is 288 g/mol. The smallest absolute Gasteiger partial charge is 0.365 e. The van der Waals surface area contributed by atoms with E-state index in [1.807, 2.05) is 31.2 Å². The Morgan fingerprint density at radius 2 is 2.18 bits per heavy atom. The van der Waals surface area contributed by atoms with Crippen LogP contribution < -0.4 is 15.2 Å². The third kappa shape index (κ3) is 2.46. The quantitative estimate of drug-likeness (QED) is 0.766. The average molecular weight is 302 g/mol. The van der Waals surface area contributed by atoms with Crippen molar-refractivity contribution >= 4 is 0 Å². The van der Waals surface area contributed by atoms with Crippen LogP contribution in [0.5, 0.6) is 11.7 Å². The molecule has 0 aliphatic rings.